The van der Waals surface area contributed by atoms with Crippen LogP contribution in [0, 0.1) is 0 Å². The number of rotatable bonds is 2. The number of amides is 1. The van der Waals surface area contributed by atoms with Crippen LogP contribution in [-0.4, -0.2) is 11.0 Å². The van der Waals surface area contributed by atoms with E-state index in [1.165, 1.54) is 12.1 Å². The SMILES string of the molecule is O=C(NC(=S)Nc1ccc(Cl)cc1Cl)c1ccc(Cl)cc1Cl. The van der Waals surface area contributed by atoms with Gasteiger partial charge >= 0.3 is 0 Å². The average Bonchev–Trinajstić information content (AvgIpc) is 2.41. The summed E-state index contributed by atoms with van der Waals surface area (Å²) >= 11 is 28.6. The molecule has 22 heavy (non-hydrogen) atoms. The van der Waals surface area contributed by atoms with Gasteiger partial charge in [-0.25, -0.2) is 0 Å². The molecule has 0 bridgehead atoms. The molecule has 0 aliphatic rings. The van der Waals surface area contributed by atoms with Crippen molar-refractivity contribution in [2.75, 3.05) is 5.32 Å². The Labute approximate surface area is 152 Å². The number of thiocarbonyl (C=S) groups is 1. The van der Waals surface area contributed by atoms with Gasteiger partial charge in [-0.3, -0.25) is 10.1 Å². The lowest BCUT2D eigenvalue weighted by molar-refractivity contribution is 0.0978. The van der Waals surface area contributed by atoms with Crippen molar-refractivity contribution >= 4 is 75.3 Å². The second kappa shape index (κ2) is 7.49. The van der Waals surface area contributed by atoms with Crippen LogP contribution in [0.25, 0.3) is 0 Å². The van der Waals surface area contributed by atoms with Crippen molar-refractivity contribution in [3.63, 3.8) is 0 Å². The van der Waals surface area contributed by atoms with E-state index >= 15 is 0 Å². The molecule has 2 aromatic carbocycles. The molecule has 1 amide bonds. The predicted octanol–water partition coefficient (Wildman–Crippen LogP) is 5.43. The van der Waals surface area contributed by atoms with Crippen LogP contribution in [0.5, 0.6) is 0 Å². The highest BCUT2D eigenvalue weighted by Gasteiger charge is 2.13. The number of carbonyl (C=O) groups is 1. The monoisotopic (exact) mass is 392 g/mol. The Morgan fingerprint density at radius 1 is 0.909 bits per heavy atom. The Morgan fingerprint density at radius 2 is 1.50 bits per heavy atom. The quantitative estimate of drug-likeness (QED) is 0.668. The van der Waals surface area contributed by atoms with Crippen LogP contribution < -0.4 is 10.6 Å². The molecule has 0 atom stereocenters. The lowest BCUT2D eigenvalue weighted by Gasteiger charge is -2.11. The van der Waals surface area contributed by atoms with Gasteiger partial charge in [0.25, 0.3) is 5.91 Å². The summed E-state index contributed by atoms with van der Waals surface area (Å²) in [5, 5.41) is 6.96. The van der Waals surface area contributed by atoms with E-state index in [4.69, 9.17) is 58.6 Å². The highest BCUT2D eigenvalue weighted by atomic mass is 35.5. The van der Waals surface area contributed by atoms with Crippen LogP contribution in [0.4, 0.5) is 5.69 Å². The largest absolute Gasteiger partial charge is 0.331 e. The summed E-state index contributed by atoms with van der Waals surface area (Å²) in [6.07, 6.45) is 0. The lowest BCUT2D eigenvalue weighted by atomic mass is 10.2. The molecule has 0 saturated carbocycles. The molecular weight excluding hydrogens is 386 g/mol. The van der Waals surface area contributed by atoms with E-state index in [0.29, 0.717) is 20.8 Å². The van der Waals surface area contributed by atoms with Gasteiger partial charge in [0.05, 0.1) is 21.3 Å². The van der Waals surface area contributed by atoms with Gasteiger partial charge in [-0.15, -0.1) is 0 Å². The van der Waals surface area contributed by atoms with Gasteiger partial charge in [0, 0.05) is 10.0 Å². The van der Waals surface area contributed by atoms with E-state index < -0.39 is 5.91 Å². The van der Waals surface area contributed by atoms with E-state index in [2.05, 4.69) is 10.6 Å². The van der Waals surface area contributed by atoms with E-state index in [9.17, 15) is 4.79 Å². The van der Waals surface area contributed by atoms with E-state index in [1.54, 1.807) is 24.3 Å². The van der Waals surface area contributed by atoms with Crippen LogP contribution >= 0.6 is 58.6 Å². The van der Waals surface area contributed by atoms with Crippen LogP contribution in [0.15, 0.2) is 36.4 Å². The highest BCUT2D eigenvalue weighted by molar-refractivity contribution is 7.80. The van der Waals surface area contributed by atoms with Crippen molar-refractivity contribution in [2.45, 2.75) is 0 Å². The number of carbonyl (C=O) groups excluding carboxylic acids is 1. The van der Waals surface area contributed by atoms with Gasteiger partial charge in [0.15, 0.2) is 5.11 Å². The molecular formula is C14H8Cl4N2OS. The summed E-state index contributed by atoms with van der Waals surface area (Å²) in [7, 11) is 0. The Morgan fingerprint density at radius 3 is 2.09 bits per heavy atom. The molecule has 0 saturated heterocycles. The number of halogens is 4. The Kier molecular flexibility index (Phi) is 5.89. The topological polar surface area (TPSA) is 41.1 Å². The molecule has 3 nitrogen and oxygen atoms in total. The van der Waals surface area contributed by atoms with Gasteiger partial charge in [-0.2, -0.15) is 0 Å². The van der Waals surface area contributed by atoms with Crippen LogP contribution in [-0.2, 0) is 0 Å². The summed E-state index contributed by atoms with van der Waals surface area (Å²) in [6.45, 7) is 0. The molecule has 0 aliphatic heterocycles. The first-order valence-corrected chi connectivity index (χ1v) is 7.81. The molecule has 2 rings (SSSR count). The van der Waals surface area contributed by atoms with Gasteiger partial charge in [0.1, 0.15) is 0 Å². The van der Waals surface area contributed by atoms with E-state index in [0.717, 1.165) is 0 Å². The summed E-state index contributed by atoms with van der Waals surface area (Å²) in [4.78, 5) is 12.1. The first-order chi connectivity index (χ1) is 10.4. The highest BCUT2D eigenvalue weighted by Crippen LogP contribution is 2.25. The molecule has 0 aliphatic carbocycles. The number of benzene rings is 2. The third kappa shape index (κ3) is 4.48. The molecule has 0 heterocycles. The van der Waals surface area contributed by atoms with Gasteiger partial charge in [-0.1, -0.05) is 46.4 Å². The molecule has 0 radical (unpaired) electrons. The first kappa shape index (κ1) is 17.3. The fraction of sp³-hybridized carbons (Fsp3) is 0. The number of hydrogen-bond donors (Lipinski definition) is 2. The predicted molar refractivity (Wildman–Crippen MR) is 96.6 cm³/mol. The maximum absolute atomic E-state index is 12.1. The Bertz CT molecular complexity index is 752. The van der Waals surface area contributed by atoms with Crippen molar-refractivity contribution < 1.29 is 4.79 Å². The van der Waals surface area contributed by atoms with Gasteiger partial charge in [0.2, 0.25) is 0 Å². The third-order valence-corrected chi connectivity index (χ3v) is 3.88. The number of nitrogens with one attached hydrogen (secondary N) is 2. The zero-order chi connectivity index (χ0) is 16.3. The normalized spacial score (nSPS) is 10.2. The van der Waals surface area contributed by atoms with Crippen LogP contribution in [0.1, 0.15) is 10.4 Å². The molecule has 114 valence electrons. The lowest BCUT2D eigenvalue weighted by Crippen LogP contribution is -2.34. The number of anilines is 1. The zero-order valence-electron chi connectivity index (χ0n) is 10.8. The smallest absolute Gasteiger partial charge is 0.258 e. The zero-order valence-corrected chi connectivity index (χ0v) is 14.6. The minimum Gasteiger partial charge on any atom is -0.331 e. The minimum absolute atomic E-state index is 0.0836. The van der Waals surface area contributed by atoms with Crippen molar-refractivity contribution in [3.05, 3.63) is 62.1 Å². The van der Waals surface area contributed by atoms with E-state index in [-0.39, 0.29) is 15.7 Å². The summed E-state index contributed by atoms with van der Waals surface area (Å²) in [5.41, 5.74) is 0.788. The van der Waals surface area contributed by atoms with Crippen LogP contribution in [0.3, 0.4) is 0 Å². The third-order valence-electron chi connectivity index (χ3n) is 2.58. The average molecular weight is 394 g/mol. The van der Waals surface area contributed by atoms with Crippen molar-refractivity contribution in [3.8, 4) is 0 Å². The maximum atomic E-state index is 12.1. The molecule has 2 aromatic rings. The van der Waals surface area contributed by atoms with Crippen molar-refractivity contribution in [1.82, 2.24) is 5.32 Å². The molecule has 0 spiro atoms. The Balaban J connectivity index is 2.06. The summed E-state index contributed by atoms with van der Waals surface area (Å²) in [5.74, 6) is -0.454. The van der Waals surface area contributed by atoms with Crippen molar-refractivity contribution in [2.24, 2.45) is 0 Å². The fourth-order valence-corrected chi connectivity index (χ4v) is 2.74. The van der Waals surface area contributed by atoms with Gasteiger partial charge < -0.3 is 5.32 Å². The maximum Gasteiger partial charge on any atom is 0.258 e. The second-order valence-corrected chi connectivity index (χ2v) is 6.25. The molecule has 2 N–H and O–H groups in total. The summed E-state index contributed by atoms with van der Waals surface area (Å²) < 4.78 is 0. The fourth-order valence-electron chi connectivity index (χ4n) is 1.59. The summed E-state index contributed by atoms with van der Waals surface area (Å²) in [6, 6.07) is 9.41. The van der Waals surface area contributed by atoms with Crippen LogP contribution in [0.2, 0.25) is 20.1 Å². The molecule has 0 unspecified atom stereocenters. The number of hydrogen-bond acceptors (Lipinski definition) is 2. The standard InChI is InChI=1S/C14H8Cl4N2OS/c15-7-1-3-9(10(17)5-7)13(21)20-14(22)19-12-4-2-8(16)6-11(12)18/h1-6H,(H2,19,20,21,22). The van der Waals surface area contributed by atoms with Gasteiger partial charge in [-0.05, 0) is 48.6 Å². The van der Waals surface area contributed by atoms with E-state index in [1.807, 2.05) is 0 Å². The second-order valence-electron chi connectivity index (χ2n) is 4.16. The molecule has 0 aromatic heterocycles. The minimum atomic E-state index is -0.454. The first-order valence-electron chi connectivity index (χ1n) is 5.89. The Hall–Kier alpha value is -1.04. The van der Waals surface area contributed by atoms with Crippen molar-refractivity contribution in [1.29, 1.82) is 0 Å². The molecule has 0 fully saturated rings. The molecule has 8 heteroatoms.